The summed E-state index contributed by atoms with van der Waals surface area (Å²) in [6, 6.07) is 15.2. The van der Waals surface area contributed by atoms with Crippen molar-refractivity contribution in [1.82, 2.24) is 5.32 Å². The average molecular weight is 219 g/mol. The smallest absolute Gasteiger partial charge is 0.252 e. The zero-order valence-electron chi connectivity index (χ0n) is 9.18. The minimum absolute atomic E-state index is 0.0203. The van der Waals surface area contributed by atoms with Gasteiger partial charge in [-0.3, -0.25) is 4.79 Å². The van der Waals surface area contributed by atoms with E-state index in [0.717, 1.165) is 16.7 Å². The van der Waals surface area contributed by atoms with Gasteiger partial charge in [0.1, 0.15) is 7.85 Å². The maximum Gasteiger partial charge on any atom is 0.252 e. The van der Waals surface area contributed by atoms with Gasteiger partial charge in [-0.05, 0) is 17.2 Å². The summed E-state index contributed by atoms with van der Waals surface area (Å²) in [4.78, 5) is 11.8. The van der Waals surface area contributed by atoms with E-state index in [1.54, 1.807) is 0 Å². The van der Waals surface area contributed by atoms with Gasteiger partial charge < -0.3 is 5.32 Å². The van der Waals surface area contributed by atoms with Crippen LogP contribution in [0.1, 0.15) is 27.5 Å². The summed E-state index contributed by atoms with van der Waals surface area (Å²) in [5.74, 6) is -0.0203. The highest BCUT2D eigenvalue weighted by Gasteiger charge is 2.28. The van der Waals surface area contributed by atoms with Gasteiger partial charge in [0.2, 0.25) is 0 Å². The molecule has 1 unspecified atom stereocenters. The highest BCUT2D eigenvalue weighted by atomic mass is 16.2. The van der Waals surface area contributed by atoms with Crippen LogP contribution >= 0.6 is 0 Å². The molecule has 17 heavy (non-hydrogen) atoms. The average Bonchev–Trinajstić information content (AvgIpc) is 2.68. The second-order valence-corrected chi connectivity index (χ2v) is 4.16. The molecule has 1 aliphatic rings. The minimum atomic E-state index is -0.0813. The molecule has 0 saturated heterocycles. The number of benzene rings is 2. The van der Waals surface area contributed by atoms with E-state index in [9.17, 15) is 4.79 Å². The van der Waals surface area contributed by atoms with Gasteiger partial charge in [0, 0.05) is 5.56 Å². The molecule has 0 spiro atoms. The van der Waals surface area contributed by atoms with Crippen LogP contribution in [-0.4, -0.2) is 13.8 Å². The summed E-state index contributed by atoms with van der Waals surface area (Å²) < 4.78 is 0. The van der Waals surface area contributed by atoms with Crippen molar-refractivity contribution in [1.29, 1.82) is 0 Å². The molecule has 1 aliphatic heterocycles. The summed E-state index contributed by atoms with van der Waals surface area (Å²) in [6.45, 7) is 0. The summed E-state index contributed by atoms with van der Waals surface area (Å²) in [6.07, 6.45) is 0. The van der Waals surface area contributed by atoms with Gasteiger partial charge in [-0.1, -0.05) is 47.9 Å². The Balaban J connectivity index is 2.10. The van der Waals surface area contributed by atoms with Crippen LogP contribution in [0.5, 0.6) is 0 Å². The Morgan fingerprint density at radius 1 is 1.06 bits per heavy atom. The van der Waals surface area contributed by atoms with Crippen molar-refractivity contribution >= 4 is 19.2 Å². The first-order valence-electron chi connectivity index (χ1n) is 5.51. The fraction of sp³-hybridized carbons (Fsp3) is 0.0714. The molecule has 1 atom stereocenters. The van der Waals surface area contributed by atoms with E-state index in [2.05, 4.69) is 5.32 Å². The quantitative estimate of drug-likeness (QED) is 0.720. The molecule has 3 heteroatoms. The molecule has 1 N–H and O–H groups in total. The van der Waals surface area contributed by atoms with Crippen molar-refractivity contribution < 1.29 is 4.79 Å². The second kappa shape index (κ2) is 3.77. The number of carbonyl (C=O) groups excluding carboxylic acids is 1. The molecule has 0 aromatic heterocycles. The Morgan fingerprint density at radius 3 is 2.71 bits per heavy atom. The van der Waals surface area contributed by atoms with Gasteiger partial charge in [-0.15, -0.1) is 0 Å². The van der Waals surface area contributed by atoms with E-state index in [4.69, 9.17) is 7.85 Å². The van der Waals surface area contributed by atoms with Crippen molar-refractivity contribution in [3.05, 3.63) is 65.2 Å². The lowest BCUT2D eigenvalue weighted by molar-refractivity contribution is 0.0960. The summed E-state index contributed by atoms with van der Waals surface area (Å²) in [5.41, 5.74) is 3.49. The SMILES string of the molecule is [B]c1cccc(C2NC(=O)c3ccccc32)c1. The largest absolute Gasteiger partial charge is 0.341 e. The van der Waals surface area contributed by atoms with E-state index in [1.165, 1.54) is 0 Å². The second-order valence-electron chi connectivity index (χ2n) is 4.16. The number of hydrogen-bond donors (Lipinski definition) is 1. The van der Waals surface area contributed by atoms with Crippen molar-refractivity contribution in [2.75, 3.05) is 0 Å². The number of rotatable bonds is 1. The lowest BCUT2D eigenvalue weighted by Gasteiger charge is -2.12. The maximum atomic E-state index is 11.8. The molecular weight excluding hydrogens is 209 g/mol. The van der Waals surface area contributed by atoms with Crippen LogP contribution in [0.2, 0.25) is 0 Å². The number of nitrogens with one attached hydrogen (secondary N) is 1. The molecule has 3 rings (SSSR count). The Bertz CT molecular complexity index is 594. The van der Waals surface area contributed by atoms with Gasteiger partial charge in [0.25, 0.3) is 5.91 Å². The molecular formula is C14H10BNO. The minimum Gasteiger partial charge on any atom is -0.341 e. The molecule has 1 amide bonds. The Kier molecular flexibility index (Phi) is 2.25. The first kappa shape index (κ1) is 10.1. The Morgan fingerprint density at radius 2 is 1.88 bits per heavy atom. The molecule has 2 aromatic carbocycles. The fourth-order valence-corrected chi connectivity index (χ4v) is 2.24. The topological polar surface area (TPSA) is 29.1 Å². The molecule has 0 saturated carbocycles. The van der Waals surface area contributed by atoms with E-state index in [0.29, 0.717) is 5.46 Å². The summed E-state index contributed by atoms with van der Waals surface area (Å²) >= 11 is 0. The van der Waals surface area contributed by atoms with Crippen molar-refractivity contribution in [2.24, 2.45) is 0 Å². The van der Waals surface area contributed by atoms with Crippen LogP contribution < -0.4 is 10.8 Å². The van der Waals surface area contributed by atoms with Crippen molar-refractivity contribution in [3.63, 3.8) is 0 Å². The lowest BCUT2D eigenvalue weighted by Crippen LogP contribution is -2.20. The summed E-state index contributed by atoms with van der Waals surface area (Å²) in [7, 11) is 5.77. The summed E-state index contributed by atoms with van der Waals surface area (Å²) in [5, 5.41) is 2.97. The molecule has 2 radical (unpaired) electrons. The number of amides is 1. The lowest BCUT2D eigenvalue weighted by atomic mass is 9.90. The van der Waals surface area contributed by atoms with Crippen LogP contribution in [0.4, 0.5) is 0 Å². The van der Waals surface area contributed by atoms with Gasteiger partial charge in [0.05, 0.1) is 6.04 Å². The first-order valence-corrected chi connectivity index (χ1v) is 5.51. The Hall–Kier alpha value is -2.03. The molecule has 0 aliphatic carbocycles. The number of fused-ring (bicyclic) bond motifs is 1. The van der Waals surface area contributed by atoms with Gasteiger partial charge in [-0.2, -0.15) is 0 Å². The van der Waals surface area contributed by atoms with Crippen LogP contribution in [0, 0.1) is 0 Å². The van der Waals surface area contributed by atoms with E-state index < -0.39 is 0 Å². The van der Waals surface area contributed by atoms with E-state index in [1.807, 2.05) is 48.5 Å². The fourth-order valence-electron chi connectivity index (χ4n) is 2.24. The van der Waals surface area contributed by atoms with Crippen molar-refractivity contribution in [3.8, 4) is 0 Å². The normalized spacial score (nSPS) is 17.6. The Labute approximate surface area is 101 Å². The molecule has 2 aromatic rings. The van der Waals surface area contributed by atoms with Gasteiger partial charge in [0.15, 0.2) is 0 Å². The third-order valence-corrected chi connectivity index (χ3v) is 3.04. The molecule has 0 bridgehead atoms. The molecule has 80 valence electrons. The molecule has 0 fully saturated rings. The standard InChI is InChI=1S/C14H10BNO/c15-10-5-3-4-9(8-10)13-11-6-1-2-7-12(11)14(17)16-13/h1-8,13H,(H,16,17). The van der Waals surface area contributed by atoms with Crippen LogP contribution in [0.15, 0.2) is 48.5 Å². The maximum absolute atomic E-state index is 11.8. The highest BCUT2D eigenvalue weighted by Crippen LogP contribution is 2.29. The molecule has 1 heterocycles. The van der Waals surface area contributed by atoms with Crippen LogP contribution in [0.25, 0.3) is 0 Å². The van der Waals surface area contributed by atoms with Crippen LogP contribution in [-0.2, 0) is 0 Å². The van der Waals surface area contributed by atoms with Gasteiger partial charge in [-0.25, -0.2) is 0 Å². The number of carbonyl (C=O) groups is 1. The predicted molar refractivity (Wildman–Crippen MR) is 67.6 cm³/mol. The third-order valence-electron chi connectivity index (χ3n) is 3.04. The highest BCUT2D eigenvalue weighted by molar-refractivity contribution is 6.32. The van der Waals surface area contributed by atoms with Crippen LogP contribution in [0.3, 0.4) is 0 Å². The zero-order chi connectivity index (χ0) is 11.8. The van der Waals surface area contributed by atoms with E-state index >= 15 is 0 Å². The molecule has 2 nitrogen and oxygen atoms in total. The monoisotopic (exact) mass is 219 g/mol. The zero-order valence-corrected chi connectivity index (χ0v) is 9.18. The third kappa shape index (κ3) is 1.64. The predicted octanol–water partition coefficient (Wildman–Crippen LogP) is 1.31. The van der Waals surface area contributed by atoms with Crippen molar-refractivity contribution in [2.45, 2.75) is 6.04 Å². The number of hydrogen-bond acceptors (Lipinski definition) is 1. The van der Waals surface area contributed by atoms with E-state index in [-0.39, 0.29) is 11.9 Å². The van der Waals surface area contributed by atoms with Gasteiger partial charge >= 0.3 is 0 Å². The first-order chi connectivity index (χ1) is 8.25.